The summed E-state index contributed by atoms with van der Waals surface area (Å²) in [6.07, 6.45) is 0.833. The summed E-state index contributed by atoms with van der Waals surface area (Å²) in [4.78, 5) is 0.341. The molecule has 0 spiro atoms. The van der Waals surface area contributed by atoms with Crippen LogP contribution >= 0.6 is 0 Å². The summed E-state index contributed by atoms with van der Waals surface area (Å²) in [5.74, 6) is 0. The molecule has 0 unspecified atom stereocenters. The first-order valence-electron chi connectivity index (χ1n) is 8.16. The van der Waals surface area contributed by atoms with Crippen molar-refractivity contribution in [2.75, 3.05) is 31.9 Å². The Hall–Kier alpha value is -1.89. The third kappa shape index (κ3) is 3.45. The molecule has 1 saturated heterocycles. The van der Waals surface area contributed by atoms with Crippen molar-refractivity contribution in [1.82, 2.24) is 9.62 Å². The summed E-state index contributed by atoms with van der Waals surface area (Å²) in [6, 6.07) is 12.9. The van der Waals surface area contributed by atoms with Gasteiger partial charge in [-0.1, -0.05) is 24.3 Å². The maximum absolute atomic E-state index is 12.8. The van der Waals surface area contributed by atoms with Crippen molar-refractivity contribution in [1.29, 1.82) is 0 Å². The minimum absolute atomic E-state index is 0.341. The molecule has 24 heavy (non-hydrogen) atoms. The van der Waals surface area contributed by atoms with Crippen LogP contribution in [-0.2, 0) is 10.0 Å². The normalized spacial score (nSPS) is 16.7. The minimum Gasteiger partial charge on any atom is -0.398 e. The molecule has 1 aliphatic heterocycles. The Balaban J connectivity index is 1.86. The van der Waals surface area contributed by atoms with E-state index in [1.165, 1.54) is 0 Å². The van der Waals surface area contributed by atoms with Gasteiger partial charge in [0.25, 0.3) is 0 Å². The average molecular weight is 345 g/mol. The van der Waals surface area contributed by atoms with Gasteiger partial charge in [-0.15, -0.1) is 0 Å². The Morgan fingerprint density at radius 2 is 1.71 bits per heavy atom. The lowest BCUT2D eigenvalue weighted by molar-refractivity contribution is 0.432. The molecular formula is C18H23N3O2S. The molecule has 1 heterocycles. The van der Waals surface area contributed by atoms with E-state index in [0.717, 1.165) is 35.3 Å². The molecule has 1 aliphatic rings. The fourth-order valence-corrected chi connectivity index (χ4v) is 4.33. The van der Waals surface area contributed by atoms with Gasteiger partial charge in [0.15, 0.2) is 0 Å². The van der Waals surface area contributed by atoms with Gasteiger partial charge in [-0.3, -0.25) is 0 Å². The highest BCUT2D eigenvalue weighted by molar-refractivity contribution is 7.89. The summed E-state index contributed by atoms with van der Waals surface area (Å²) in [6.45, 7) is 4.59. The maximum atomic E-state index is 12.8. The zero-order chi connectivity index (χ0) is 17.2. The average Bonchev–Trinajstić information content (AvgIpc) is 2.87. The van der Waals surface area contributed by atoms with E-state index in [1.54, 1.807) is 16.4 Å². The van der Waals surface area contributed by atoms with E-state index >= 15 is 0 Å². The van der Waals surface area contributed by atoms with E-state index in [4.69, 9.17) is 5.73 Å². The van der Waals surface area contributed by atoms with Gasteiger partial charge in [-0.05, 0) is 54.8 Å². The number of hydrogen-bond donors (Lipinski definition) is 2. The first-order chi connectivity index (χ1) is 11.5. The number of nitrogens with two attached hydrogens (primary N) is 1. The lowest BCUT2D eigenvalue weighted by Crippen LogP contribution is -2.34. The van der Waals surface area contributed by atoms with Crippen molar-refractivity contribution < 1.29 is 8.42 Å². The molecule has 0 aromatic heterocycles. The molecular weight excluding hydrogens is 322 g/mol. The number of nitrogen functional groups attached to an aromatic ring is 1. The molecule has 0 aliphatic carbocycles. The van der Waals surface area contributed by atoms with E-state index in [2.05, 4.69) is 5.32 Å². The maximum Gasteiger partial charge on any atom is 0.243 e. The number of nitrogens with zero attached hydrogens (tertiary/aromatic N) is 1. The molecule has 128 valence electrons. The van der Waals surface area contributed by atoms with Crippen LogP contribution in [0.15, 0.2) is 47.4 Å². The van der Waals surface area contributed by atoms with Gasteiger partial charge in [0.05, 0.1) is 4.90 Å². The van der Waals surface area contributed by atoms with Gasteiger partial charge < -0.3 is 11.1 Å². The van der Waals surface area contributed by atoms with Crippen molar-refractivity contribution >= 4 is 15.7 Å². The van der Waals surface area contributed by atoms with Gasteiger partial charge in [0.1, 0.15) is 0 Å². The number of benzene rings is 2. The van der Waals surface area contributed by atoms with Crippen LogP contribution in [0.4, 0.5) is 5.69 Å². The Morgan fingerprint density at radius 3 is 2.42 bits per heavy atom. The topological polar surface area (TPSA) is 75.4 Å². The highest BCUT2D eigenvalue weighted by Gasteiger charge is 2.24. The quantitative estimate of drug-likeness (QED) is 0.837. The summed E-state index contributed by atoms with van der Waals surface area (Å²) in [5, 5.41) is 3.22. The van der Waals surface area contributed by atoms with Crippen molar-refractivity contribution in [3.8, 4) is 11.1 Å². The zero-order valence-corrected chi connectivity index (χ0v) is 14.6. The lowest BCUT2D eigenvalue weighted by atomic mass is 10.0. The highest BCUT2D eigenvalue weighted by Crippen LogP contribution is 2.26. The van der Waals surface area contributed by atoms with Gasteiger partial charge >= 0.3 is 0 Å². The molecule has 1 fully saturated rings. The van der Waals surface area contributed by atoms with Crippen LogP contribution in [0.5, 0.6) is 0 Å². The SMILES string of the molecule is Cc1ccc(-c2ccc(S(=O)(=O)N3CCCNCC3)cc2)cc1N. The Morgan fingerprint density at radius 1 is 1.00 bits per heavy atom. The van der Waals surface area contributed by atoms with E-state index < -0.39 is 10.0 Å². The van der Waals surface area contributed by atoms with E-state index in [-0.39, 0.29) is 0 Å². The van der Waals surface area contributed by atoms with Crippen molar-refractivity contribution in [2.24, 2.45) is 0 Å². The van der Waals surface area contributed by atoms with Crippen molar-refractivity contribution in [2.45, 2.75) is 18.2 Å². The molecule has 2 aromatic rings. The summed E-state index contributed by atoms with van der Waals surface area (Å²) in [5.41, 5.74) is 9.68. The van der Waals surface area contributed by atoms with Crippen LogP contribution in [-0.4, -0.2) is 38.9 Å². The third-order valence-electron chi connectivity index (χ3n) is 4.40. The van der Waals surface area contributed by atoms with E-state index in [9.17, 15) is 8.42 Å². The Kier molecular flexibility index (Phi) is 4.89. The first-order valence-corrected chi connectivity index (χ1v) is 9.60. The van der Waals surface area contributed by atoms with Gasteiger partial charge in [0, 0.05) is 25.3 Å². The smallest absolute Gasteiger partial charge is 0.243 e. The number of sulfonamides is 1. The number of aryl methyl sites for hydroxylation is 1. The number of nitrogens with one attached hydrogen (secondary N) is 1. The van der Waals surface area contributed by atoms with Gasteiger partial charge in [-0.2, -0.15) is 4.31 Å². The minimum atomic E-state index is -3.43. The summed E-state index contributed by atoms with van der Waals surface area (Å²) >= 11 is 0. The van der Waals surface area contributed by atoms with Crippen LogP contribution in [0.25, 0.3) is 11.1 Å². The Labute approximate surface area is 143 Å². The standard InChI is InChI=1S/C18H23N3O2S/c1-14-3-4-16(13-18(14)19)15-5-7-17(8-6-15)24(22,23)21-11-2-9-20-10-12-21/h3-8,13,20H,2,9-12,19H2,1H3. The van der Waals surface area contributed by atoms with Crippen LogP contribution in [0.1, 0.15) is 12.0 Å². The molecule has 0 amide bonds. The molecule has 0 saturated carbocycles. The van der Waals surface area contributed by atoms with Crippen LogP contribution in [0, 0.1) is 6.92 Å². The highest BCUT2D eigenvalue weighted by atomic mass is 32.2. The number of rotatable bonds is 3. The molecule has 0 radical (unpaired) electrons. The van der Waals surface area contributed by atoms with Crippen LogP contribution in [0.3, 0.4) is 0 Å². The molecule has 6 heteroatoms. The fourth-order valence-electron chi connectivity index (χ4n) is 2.85. The zero-order valence-electron chi connectivity index (χ0n) is 13.8. The van der Waals surface area contributed by atoms with E-state index in [0.29, 0.717) is 24.5 Å². The molecule has 2 aromatic carbocycles. The molecule has 0 atom stereocenters. The third-order valence-corrected chi connectivity index (χ3v) is 6.32. The second kappa shape index (κ2) is 6.93. The summed E-state index contributed by atoms with van der Waals surface area (Å²) < 4.78 is 27.1. The van der Waals surface area contributed by atoms with Gasteiger partial charge in [0.2, 0.25) is 10.0 Å². The summed E-state index contributed by atoms with van der Waals surface area (Å²) in [7, 11) is -3.43. The second-order valence-electron chi connectivity index (χ2n) is 6.10. The largest absolute Gasteiger partial charge is 0.398 e. The van der Waals surface area contributed by atoms with Crippen LogP contribution in [0.2, 0.25) is 0 Å². The molecule has 0 bridgehead atoms. The number of hydrogen-bond acceptors (Lipinski definition) is 4. The predicted octanol–water partition coefficient (Wildman–Crippen LogP) is 2.23. The second-order valence-corrected chi connectivity index (χ2v) is 8.04. The Bertz CT molecular complexity index is 809. The fraction of sp³-hybridized carbons (Fsp3) is 0.333. The first kappa shape index (κ1) is 17.0. The van der Waals surface area contributed by atoms with Gasteiger partial charge in [-0.25, -0.2) is 8.42 Å². The monoisotopic (exact) mass is 345 g/mol. The van der Waals surface area contributed by atoms with Crippen molar-refractivity contribution in [3.05, 3.63) is 48.0 Å². The molecule has 3 rings (SSSR count). The molecule has 3 N–H and O–H groups in total. The predicted molar refractivity (Wildman–Crippen MR) is 97.3 cm³/mol. The van der Waals surface area contributed by atoms with Crippen molar-refractivity contribution in [3.63, 3.8) is 0 Å². The van der Waals surface area contributed by atoms with E-state index in [1.807, 2.05) is 37.3 Å². The van der Waals surface area contributed by atoms with Crippen LogP contribution < -0.4 is 11.1 Å². The lowest BCUT2D eigenvalue weighted by Gasteiger charge is -2.19. The number of anilines is 1. The molecule has 5 nitrogen and oxygen atoms in total.